The number of rotatable bonds is 4. The van der Waals surface area contributed by atoms with Crippen molar-refractivity contribution in [3.63, 3.8) is 0 Å². The predicted molar refractivity (Wildman–Crippen MR) is 76.6 cm³/mol. The Labute approximate surface area is 114 Å². The van der Waals surface area contributed by atoms with Crippen LogP contribution in [0.1, 0.15) is 36.1 Å². The van der Waals surface area contributed by atoms with E-state index in [-0.39, 0.29) is 6.61 Å². The van der Waals surface area contributed by atoms with Crippen LogP contribution in [0.2, 0.25) is 0 Å². The van der Waals surface area contributed by atoms with Crippen molar-refractivity contribution in [2.75, 3.05) is 20.2 Å². The Hall–Kier alpha value is -0.820. The molecule has 0 unspecified atom stereocenters. The molecule has 0 saturated heterocycles. The molecule has 18 heavy (non-hydrogen) atoms. The molecule has 2 nitrogen and oxygen atoms in total. The maximum absolute atomic E-state index is 8.75. The number of aliphatic hydroxyl groups is 1. The molecular weight excluding hydrogens is 242 g/mol. The van der Waals surface area contributed by atoms with Crippen LogP contribution in [0.15, 0.2) is 11.4 Å². The molecule has 0 amide bonds. The van der Waals surface area contributed by atoms with E-state index in [0.29, 0.717) is 0 Å². The molecule has 1 aromatic rings. The summed E-state index contributed by atoms with van der Waals surface area (Å²) in [6, 6.07) is 2.05. The normalized spacial score (nSPS) is 15.9. The van der Waals surface area contributed by atoms with Gasteiger partial charge in [0.2, 0.25) is 0 Å². The molecule has 2 rings (SSSR count). The Morgan fingerprint density at radius 1 is 1.44 bits per heavy atom. The van der Waals surface area contributed by atoms with Crippen LogP contribution in [0, 0.1) is 17.8 Å². The highest BCUT2D eigenvalue weighted by Gasteiger charge is 2.17. The van der Waals surface area contributed by atoms with Crippen LogP contribution >= 0.6 is 11.3 Å². The molecule has 1 saturated carbocycles. The molecule has 0 aliphatic heterocycles. The average Bonchev–Trinajstić information content (AvgIpc) is 2.98. The summed E-state index contributed by atoms with van der Waals surface area (Å²) in [4.78, 5) is 3.72. The van der Waals surface area contributed by atoms with Crippen molar-refractivity contribution in [1.29, 1.82) is 0 Å². The minimum Gasteiger partial charge on any atom is -0.384 e. The predicted octanol–water partition coefficient (Wildman–Crippen LogP) is 2.71. The molecule has 1 aromatic heterocycles. The number of aliphatic hydroxyl groups excluding tert-OH is 1. The van der Waals surface area contributed by atoms with Crippen molar-refractivity contribution in [1.82, 2.24) is 4.90 Å². The first-order valence-electron chi connectivity index (χ1n) is 6.64. The fourth-order valence-corrected chi connectivity index (χ4v) is 3.56. The van der Waals surface area contributed by atoms with Gasteiger partial charge in [-0.1, -0.05) is 24.7 Å². The van der Waals surface area contributed by atoms with Crippen LogP contribution < -0.4 is 0 Å². The molecule has 1 N–H and O–H groups in total. The van der Waals surface area contributed by atoms with Gasteiger partial charge in [0, 0.05) is 23.5 Å². The van der Waals surface area contributed by atoms with Gasteiger partial charge in [0.25, 0.3) is 0 Å². The summed E-state index contributed by atoms with van der Waals surface area (Å²) in [5, 5.41) is 10.8. The van der Waals surface area contributed by atoms with Gasteiger partial charge in [0.05, 0.1) is 0 Å². The molecule has 3 heteroatoms. The maximum atomic E-state index is 8.75. The molecule has 1 aliphatic carbocycles. The minimum atomic E-state index is -0.0623. The largest absolute Gasteiger partial charge is 0.384 e. The second-order valence-corrected chi connectivity index (χ2v) is 6.07. The number of thiophene rings is 1. The van der Waals surface area contributed by atoms with Crippen molar-refractivity contribution in [2.24, 2.45) is 5.92 Å². The molecule has 0 aromatic carbocycles. The van der Waals surface area contributed by atoms with Gasteiger partial charge in [-0.3, -0.25) is 0 Å². The van der Waals surface area contributed by atoms with Gasteiger partial charge < -0.3 is 10.0 Å². The zero-order valence-electron chi connectivity index (χ0n) is 11.0. The highest BCUT2D eigenvalue weighted by Crippen LogP contribution is 2.26. The number of nitrogens with zero attached hydrogens (tertiary/aromatic N) is 1. The van der Waals surface area contributed by atoms with Gasteiger partial charge in [-0.15, -0.1) is 11.3 Å². The lowest BCUT2D eigenvalue weighted by Gasteiger charge is -2.20. The van der Waals surface area contributed by atoms with Crippen molar-refractivity contribution >= 4 is 11.3 Å². The Bertz CT molecular complexity index is 423. The zero-order valence-corrected chi connectivity index (χ0v) is 11.8. The highest BCUT2D eigenvalue weighted by molar-refractivity contribution is 7.10. The summed E-state index contributed by atoms with van der Waals surface area (Å²) in [5.74, 6) is 6.65. The summed E-state index contributed by atoms with van der Waals surface area (Å²) < 4.78 is 0. The molecule has 1 fully saturated rings. The Kier molecular flexibility index (Phi) is 5.25. The second-order valence-electron chi connectivity index (χ2n) is 5.06. The van der Waals surface area contributed by atoms with E-state index in [2.05, 4.69) is 29.2 Å². The van der Waals surface area contributed by atoms with Crippen molar-refractivity contribution in [2.45, 2.75) is 32.2 Å². The average molecular weight is 263 g/mol. The van der Waals surface area contributed by atoms with Gasteiger partial charge in [-0.2, -0.15) is 0 Å². The number of hydrogen-bond acceptors (Lipinski definition) is 3. The van der Waals surface area contributed by atoms with Crippen LogP contribution in [0.25, 0.3) is 0 Å². The summed E-state index contributed by atoms with van der Waals surface area (Å²) in [7, 11) is 2.20. The van der Waals surface area contributed by atoms with Crippen LogP contribution in [0.3, 0.4) is 0 Å². The van der Waals surface area contributed by atoms with Crippen LogP contribution in [-0.2, 0) is 6.54 Å². The van der Waals surface area contributed by atoms with E-state index in [4.69, 9.17) is 5.11 Å². The van der Waals surface area contributed by atoms with Gasteiger partial charge in [-0.05, 0) is 37.3 Å². The first-order chi connectivity index (χ1) is 8.79. The fraction of sp³-hybridized carbons (Fsp3) is 0.600. The van der Waals surface area contributed by atoms with E-state index in [9.17, 15) is 0 Å². The lowest BCUT2D eigenvalue weighted by molar-refractivity contribution is 0.273. The van der Waals surface area contributed by atoms with Crippen molar-refractivity contribution in [3.8, 4) is 11.8 Å². The second kappa shape index (κ2) is 6.94. The Morgan fingerprint density at radius 2 is 2.22 bits per heavy atom. The van der Waals surface area contributed by atoms with Crippen molar-refractivity contribution in [3.05, 3.63) is 21.9 Å². The lowest BCUT2D eigenvalue weighted by Crippen LogP contribution is -2.23. The van der Waals surface area contributed by atoms with Gasteiger partial charge in [0.1, 0.15) is 6.61 Å². The minimum absolute atomic E-state index is 0.0623. The molecule has 1 heterocycles. The van der Waals surface area contributed by atoms with Crippen LogP contribution in [-0.4, -0.2) is 30.2 Å². The van der Waals surface area contributed by atoms with Gasteiger partial charge in [-0.25, -0.2) is 0 Å². The van der Waals surface area contributed by atoms with Crippen LogP contribution in [0.4, 0.5) is 0 Å². The van der Waals surface area contributed by atoms with E-state index >= 15 is 0 Å². The Morgan fingerprint density at radius 3 is 2.94 bits per heavy atom. The summed E-state index contributed by atoms with van der Waals surface area (Å²) in [5.41, 5.74) is 1.08. The molecule has 0 atom stereocenters. The third kappa shape index (κ3) is 3.84. The maximum Gasteiger partial charge on any atom is 0.104 e. The molecule has 1 aliphatic rings. The summed E-state index contributed by atoms with van der Waals surface area (Å²) in [6.45, 7) is 2.11. The number of hydrogen-bond donors (Lipinski definition) is 1. The molecular formula is C15H21NOS. The zero-order chi connectivity index (χ0) is 12.8. The van der Waals surface area contributed by atoms with E-state index in [1.54, 1.807) is 11.3 Å². The van der Waals surface area contributed by atoms with Crippen LogP contribution in [0.5, 0.6) is 0 Å². The topological polar surface area (TPSA) is 23.5 Å². The third-order valence-electron chi connectivity index (χ3n) is 3.51. The quantitative estimate of drug-likeness (QED) is 0.844. The Balaban J connectivity index is 1.89. The van der Waals surface area contributed by atoms with Gasteiger partial charge >= 0.3 is 0 Å². The smallest absolute Gasteiger partial charge is 0.104 e. The van der Waals surface area contributed by atoms with E-state index < -0.39 is 0 Å². The molecule has 98 valence electrons. The molecule has 0 spiro atoms. The lowest BCUT2D eigenvalue weighted by atomic mass is 10.1. The van der Waals surface area contributed by atoms with E-state index in [1.165, 1.54) is 37.1 Å². The molecule has 0 radical (unpaired) electrons. The SMILES string of the molecule is CN(Cc1sccc1C#CCO)CC1CCCC1. The summed E-state index contributed by atoms with van der Waals surface area (Å²) in [6.07, 6.45) is 5.60. The first kappa shape index (κ1) is 13.6. The van der Waals surface area contributed by atoms with Crippen molar-refractivity contribution < 1.29 is 5.11 Å². The monoisotopic (exact) mass is 263 g/mol. The molecule has 0 bridgehead atoms. The highest BCUT2D eigenvalue weighted by atomic mass is 32.1. The van der Waals surface area contributed by atoms with Gasteiger partial charge in [0.15, 0.2) is 0 Å². The van der Waals surface area contributed by atoms with E-state index in [1.807, 2.05) is 6.07 Å². The standard InChI is InChI=1S/C15H21NOS/c1-16(11-13-5-2-3-6-13)12-15-14(7-4-9-17)8-10-18-15/h8,10,13,17H,2-3,5-6,9,11-12H2,1H3. The summed E-state index contributed by atoms with van der Waals surface area (Å²) >= 11 is 1.76. The van der Waals surface area contributed by atoms with E-state index in [0.717, 1.165) is 18.0 Å². The fourth-order valence-electron chi connectivity index (χ4n) is 2.65. The first-order valence-corrected chi connectivity index (χ1v) is 7.52. The third-order valence-corrected chi connectivity index (χ3v) is 4.41.